The lowest BCUT2D eigenvalue weighted by molar-refractivity contribution is 0.440. The van der Waals surface area contributed by atoms with Gasteiger partial charge >= 0.3 is 46.0 Å². The van der Waals surface area contributed by atoms with Crippen LogP contribution in [0.15, 0.2) is 379 Å². The summed E-state index contributed by atoms with van der Waals surface area (Å²) in [7, 11) is -24.9. The van der Waals surface area contributed by atoms with Gasteiger partial charge < -0.3 is 59.0 Å². The molecule has 0 saturated heterocycles. The zero-order valence-electron chi connectivity index (χ0n) is 51.2. The molecule has 2 aliphatic heterocycles. The van der Waals surface area contributed by atoms with E-state index in [0.717, 1.165) is 0 Å². The summed E-state index contributed by atoms with van der Waals surface area (Å²) in [5.41, 5.74) is 0. The predicted octanol–water partition coefficient (Wildman–Crippen LogP) is 24.7. The molecule has 2 heterocycles. The van der Waals surface area contributed by atoms with Crippen molar-refractivity contribution >= 4 is 46.0 Å². The quantitative estimate of drug-likeness (QED) is 0.0465. The second-order valence-corrected chi connectivity index (χ2v) is 33.1. The molecule has 25 heteroatoms. The Kier molecular flexibility index (Phi) is 19.2. The van der Waals surface area contributed by atoms with Crippen LogP contribution in [0.1, 0.15) is 0 Å². The van der Waals surface area contributed by atoms with E-state index in [9.17, 15) is 0 Å². The molecule has 0 aromatic heterocycles. The first kappa shape index (κ1) is 63.8. The van der Waals surface area contributed by atoms with Gasteiger partial charge in [-0.2, -0.15) is 0 Å². The number of rotatable bonds is 26. The highest BCUT2D eigenvalue weighted by atomic mass is 31.3. The molecule has 2 aliphatic rings. The van der Waals surface area contributed by atoms with E-state index in [-0.39, 0.29) is 11.5 Å². The van der Waals surface area contributed by atoms with Crippen LogP contribution in [-0.4, -0.2) is 0 Å². The van der Waals surface area contributed by atoms with Crippen molar-refractivity contribution in [3.63, 3.8) is 0 Å². The summed E-state index contributed by atoms with van der Waals surface area (Å²) in [5.74, 6) is 5.31. The standard InChI is InChI=1S/C72H58N6O13P6/c1-11-31-61(32-12-1)80-92(81-62-33-13-2-14-34-62)73-93(82-63-35-15-3-16-36-63,83-64-37-17-4-18-38-64)76-96(75-92,88-69-47-27-9-28-48-69)90-71-55-51-59(52-56-71)79-60-53-57-72(58-54-60)91-97(89-70-49-29-10-30-50-70)77-94(84-65-39-19-5-20-40-65,85-66-41-21-6-22-42-66)74-95(78-97,86-67-43-23-7-24-44-67)87-68-45-25-8-26-46-68/h1-58H. The zero-order chi connectivity index (χ0) is 65.5. The molecule has 0 bridgehead atoms. The van der Waals surface area contributed by atoms with Gasteiger partial charge in [-0.15, -0.1) is 0 Å². The number of hydrogen-bond acceptors (Lipinski definition) is 19. The minimum Gasteiger partial charge on any atom is -0.457 e. The Hall–Kier alpha value is -10.6. The summed E-state index contributed by atoms with van der Waals surface area (Å²) < 4.78 is 122. The molecular formula is C72H58N6O13P6. The van der Waals surface area contributed by atoms with E-state index in [0.29, 0.717) is 69.0 Å². The molecule has 0 fully saturated rings. The molecule has 0 radical (unpaired) electrons. The molecular weight excluding hydrogens is 1340 g/mol. The van der Waals surface area contributed by atoms with Gasteiger partial charge in [0, 0.05) is 0 Å². The monoisotopic (exact) mass is 1400 g/mol. The van der Waals surface area contributed by atoms with E-state index < -0.39 is 46.0 Å². The van der Waals surface area contributed by atoms with Gasteiger partial charge in [0.15, 0.2) is 0 Å². The molecule has 97 heavy (non-hydrogen) atoms. The maximum atomic E-state index is 7.11. The van der Waals surface area contributed by atoms with Crippen LogP contribution in [0.4, 0.5) is 0 Å². The summed E-state index contributed by atoms with van der Waals surface area (Å²) in [4.78, 5) is 0. The molecule has 12 aromatic rings. The first-order valence-corrected chi connectivity index (χ1v) is 39.4. The van der Waals surface area contributed by atoms with Crippen LogP contribution in [0, 0.1) is 0 Å². The minimum absolute atomic E-state index is 0.280. The van der Waals surface area contributed by atoms with Gasteiger partial charge in [-0.05, 0) is 170 Å². The van der Waals surface area contributed by atoms with Gasteiger partial charge in [0.05, 0.1) is 0 Å². The molecule has 2 atom stereocenters. The van der Waals surface area contributed by atoms with Crippen LogP contribution in [0.5, 0.6) is 80.5 Å². The van der Waals surface area contributed by atoms with E-state index in [2.05, 4.69) is 0 Å². The van der Waals surface area contributed by atoms with Crippen LogP contribution >= 0.6 is 46.0 Å². The van der Waals surface area contributed by atoms with Crippen molar-refractivity contribution in [1.29, 1.82) is 0 Å². The van der Waals surface area contributed by atoms with Crippen molar-refractivity contribution in [2.45, 2.75) is 0 Å². The zero-order valence-corrected chi connectivity index (χ0v) is 56.5. The summed E-state index contributed by atoms with van der Waals surface area (Å²) >= 11 is 0. The number of ether oxygens (including phenoxy) is 1. The van der Waals surface area contributed by atoms with Gasteiger partial charge in [0.1, 0.15) is 80.5 Å². The number of benzene rings is 12. The van der Waals surface area contributed by atoms with Crippen molar-refractivity contribution in [3.8, 4) is 80.5 Å². The predicted molar refractivity (Wildman–Crippen MR) is 381 cm³/mol. The van der Waals surface area contributed by atoms with E-state index in [4.69, 9.17) is 86.1 Å². The van der Waals surface area contributed by atoms with Crippen molar-refractivity contribution in [3.05, 3.63) is 352 Å². The molecule has 0 saturated carbocycles. The summed E-state index contributed by atoms with van der Waals surface area (Å²) in [6, 6.07) is 105. The van der Waals surface area contributed by atoms with E-state index in [1.165, 1.54) is 0 Å². The highest BCUT2D eigenvalue weighted by molar-refractivity contribution is 7.79. The Balaban J connectivity index is 0.851. The van der Waals surface area contributed by atoms with Crippen LogP contribution in [0.3, 0.4) is 0 Å². The highest BCUT2D eigenvalue weighted by Crippen LogP contribution is 2.80. The average molecular weight is 1400 g/mol. The lowest BCUT2D eigenvalue weighted by Gasteiger charge is -2.33. The second-order valence-electron chi connectivity index (χ2n) is 20.8. The molecule has 484 valence electrons. The fourth-order valence-corrected chi connectivity index (χ4v) is 27.4. The first-order chi connectivity index (χ1) is 47.6. The van der Waals surface area contributed by atoms with Gasteiger partial charge in [0.2, 0.25) is 0 Å². The molecule has 0 spiro atoms. The SMILES string of the molecule is c1ccc(OP2(Oc3ccccc3)=NP(Oc3ccccc3)(Oc3ccccc3)=NP(Oc3ccccc3)(Oc3ccc(Oc4ccc(OP5(Oc6ccccc6)=NP(Oc6ccccc6)(Oc6ccccc6)=NP(Oc6ccccc6)(Oc6ccccc6)=N5)cc4)cc3)=N2)cc1. The molecule has 19 nitrogen and oxygen atoms in total. The van der Waals surface area contributed by atoms with Crippen molar-refractivity contribution in [2.24, 2.45) is 27.1 Å². The van der Waals surface area contributed by atoms with Gasteiger partial charge in [0.25, 0.3) is 0 Å². The summed E-state index contributed by atoms with van der Waals surface area (Å²) in [6.07, 6.45) is 0. The summed E-state index contributed by atoms with van der Waals surface area (Å²) in [5, 5.41) is 0. The Morgan fingerprint density at radius 2 is 0.227 bits per heavy atom. The van der Waals surface area contributed by atoms with E-state index >= 15 is 0 Å². The first-order valence-electron chi connectivity index (χ1n) is 30.2. The largest absolute Gasteiger partial charge is 0.460 e. The minimum atomic E-state index is -4.20. The Labute approximate surface area is 561 Å². The second kappa shape index (κ2) is 29.2. The number of hydrogen-bond donors (Lipinski definition) is 0. The maximum Gasteiger partial charge on any atom is 0.460 e. The fraction of sp³-hybridized carbons (Fsp3) is 0. The van der Waals surface area contributed by atoms with E-state index in [1.807, 2.05) is 182 Å². The summed E-state index contributed by atoms with van der Waals surface area (Å²) in [6.45, 7) is 0. The van der Waals surface area contributed by atoms with E-state index in [1.54, 1.807) is 170 Å². The molecule has 0 aliphatic carbocycles. The third-order valence-electron chi connectivity index (χ3n) is 13.4. The van der Waals surface area contributed by atoms with Gasteiger partial charge in [-0.1, -0.05) is 209 Å². The molecule has 0 amide bonds. The molecule has 14 rings (SSSR count). The normalized spacial score (nSPS) is 17.4. The Morgan fingerprint density at radius 3 is 0.351 bits per heavy atom. The number of nitrogens with zero attached hydrogens (tertiary/aromatic N) is 6. The Bertz CT molecular complexity index is 4290. The highest BCUT2D eigenvalue weighted by Gasteiger charge is 2.51. The Morgan fingerprint density at radius 1 is 0.124 bits per heavy atom. The average Bonchev–Trinajstić information content (AvgIpc) is 0.739. The fourth-order valence-electron chi connectivity index (χ4n) is 9.25. The lowest BCUT2D eigenvalue weighted by Crippen LogP contribution is -2.11. The van der Waals surface area contributed by atoms with Crippen molar-refractivity contribution in [2.75, 3.05) is 0 Å². The topological polar surface area (TPSA) is 194 Å². The maximum absolute atomic E-state index is 7.11. The third-order valence-corrected chi connectivity index (χ3v) is 29.6. The van der Waals surface area contributed by atoms with Crippen molar-refractivity contribution in [1.82, 2.24) is 0 Å². The van der Waals surface area contributed by atoms with Gasteiger partial charge in [-0.3, -0.25) is 0 Å². The van der Waals surface area contributed by atoms with Crippen LogP contribution in [0.25, 0.3) is 0 Å². The molecule has 0 N–H and O–H groups in total. The third kappa shape index (κ3) is 16.6. The van der Waals surface area contributed by atoms with Gasteiger partial charge in [-0.25, -0.2) is 0 Å². The van der Waals surface area contributed by atoms with Crippen molar-refractivity contribution < 1.29 is 59.0 Å². The van der Waals surface area contributed by atoms with Crippen LogP contribution in [-0.2, 0) is 0 Å². The molecule has 2 unspecified atom stereocenters. The van der Waals surface area contributed by atoms with Crippen LogP contribution < -0.4 is 59.0 Å². The number of para-hydroxylation sites is 10. The molecule has 12 aromatic carbocycles. The van der Waals surface area contributed by atoms with Crippen LogP contribution in [0.2, 0.25) is 0 Å². The lowest BCUT2D eigenvalue weighted by atomic mass is 10.3. The smallest absolute Gasteiger partial charge is 0.457 e.